The van der Waals surface area contributed by atoms with Gasteiger partial charge in [0.25, 0.3) is 11.6 Å². The SMILES string of the molecule is O=C(c1ccc(Cl)c([N+](=O)[O-])c1)N1CCC(O)C1. The van der Waals surface area contributed by atoms with E-state index in [2.05, 4.69) is 0 Å². The lowest BCUT2D eigenvalue weighted by molar-refractivity contribution is -0.384. The molecule has 1 amide bonds. The molecule has 0 aliphatic carbocycles. The zero-order chi connectivity index (χ0) is 13.3. The Bertz CT molecular complexity index is 506. The number of aliphatic hydroxyl groups excluding tert-OH is 1. The molecular weight excluding hydrogens is 260 g/mol. The Kier molecular flexibility index (Phi) is 3.49. The molecule has 0 aromatic heterocycles. The second-order valence-corrected chi connectivity index (χ2v) is 4.52. The van der Waals surface area contributed by atoms with Crippen molar-refractivity contribution >= 4 is 23.2 Å². The van der Waals surface area contributed by atoms with Gasteiger partial charge in [0.15, 0.2) is 0 Å². The fourth-order valence-electron chi connectivity index (χ4n) is 1.89. The van der Waals surface area contributed by atoms with E-state index >= 15 is 0 Å². The first-order chi connectivity index (χ1) is 8.49. The molecule has 0 spiro atoms. The highest BCUT2D eigenvalue weighted by Gasteiger charge is 2.26. The molecule has 2 rings (SSSR count). The largest absolute Gasteiger partial charge is 0.391 e. The van der Waals surface area contributed by atoms with Crippen LogP contribution in [0.3, 0.4) is 0 Å². The van der Waals surface area contributed by atoms with Gasteiger partial charge in [0.1, 0.15) is 5.02 Å². The molecule has 1 heterocycles. The van der Waals surface area contributed by atoms with Crippen LogP contribution >= 0.6 is 11.6 Å². The lowest BCUT2D eigenvalue weighted by atomic mass is 10.2. The molecule has 1 aromatic carbocycles. The number of hydrogen-bond donors (Lipinski definition) is 1. The molecule has 1 fully saturated rings. The van der Waals surface area contributed by atoms with Gasteiger partial charge >= 0.3 is 0 Å². The van der Waals surface area contributed by atoms with Gasteiger partial charge in [-0.25, -0.2) is 0 Å². The average molecular weight is 271 g/mol. The summed E-state index contributed by atoms with van der Waals surface area (Å²) in [5.41, 5.74) is -0.0811. The maximum absolute atomic E-state index is 12.0. The van der Waals surface area contributed by atoms with Crippen molar-refractivity contribution in [1.29, 1.82) is 0 Å². The first kappa shape index (κ1) is 12.8. The normalized spacial score (nSPS) is 19.0. The van der Waals surface area contributed by atoms with Gasteiger partial charge in [-0.15, -0.1) is 0 Å². The number of aliphatic hydroxyl groups is 1. The smallest absolute Gasteiger partial charge is 0.288 e. The number of nitro groups is 1. The number of likely N-dealkylation sites (tertiary alicyclic amines) is 1. The van der Waals surface area contributed by atoms with Crippen LogP contribution in [0.4, 0.5) is 5.69 Å². The van der Waals surface area contributed by atoms with Crippen molar-refractivity contribution < 1.29 is 14.8 Å². The van der Waals surface area contributed by atoms with Gasteiger partial charge in [-0.1, -0.05) is 11.6 Å². The predicted octanol–water partition coefficient (Wildman–Crippen LogP) is 1.45. The van der Waals surface area contributed by atoms with Gasteiger partial charge < -0.3 is 10.0 Å². The zero-order valence-corrected chi connectivity index (χ0v) is 10.1. The van der Waals surface area contributed by atoms with Crippen LogP contribution < -0.4 is 0 Å². The number of benzene rings is 1. The van der Waals surface area contributed by atoms with E-state index in [9.17, 15) is 20.0 Å². The molecule has 7 heteroatoms. The summed E-state index contributed by atoms with van der Waals surface area (Å²) in [6, 6.07) is 3.94. The van der Waals surface area contributed by atoms with Crippen molar-refractivity contribution in [3.63, 3.8) is 0 Å². The van der Waals surface area contributed by atoms with E-state index in [1.165, 1.54) is 17.0 Å². The summed E-state index contributed by atoms with van der Waals surface area (Å²) in [4.78, 5) is 23.6. The molecule has 1 aliphatic heterocycles. The van der Waals surface area contributed by atoms with Crippen molar-refractivity contribution in [2.45, 2.75) is 12.5 Å². The number of carbonyl (C=O) groups is 1. The number of carbonyl (C=O) groups excluding carboxylic acids is 1. The van der Waals surface area contributed by atoms with Gasteiger partial charge in [0.05, 0.1) is 11.0 Å². The minimum absolute atomic E-state index is 0.00185. The number of nitrogens with zero attached hydrogens (tertiary/aromatic N) is 2. The highest BCUT2D eigenvalue weighted by molar-refractivity contribution is 6.32. The second kappa shape index (κ2) is 4.91. The summed E-state index contributed by atoms with van der Waals surface area (Å²) < 4.78 is 0. The lowest BCUT2D eigenvalue weighted by Gasteiger charge is -2.15. The quantitative estimate of drug-likeness (QED) is 0.651. The third-order valence-electron chi connectivity index (χ3n) is 2.84. The van der Waals surface area contributed by atoms with Crippen LogP contribution in [0, 0.1) is 10.1 Å². The first-order valence-electron chi connectivity index (χ1n) is 5.40. The maximum atomic E-state index is 12.0. The molecular formula is C11H11ClN2O4. The predicted molar refractivity (Wildman–Crippen MR) is 64.6 cm³/mol. The lowest BCUT2D eigenvalue weighted by Crippen LogP contribution is -2.29. The summed E-state index contributed by atoms with van der Waals surface area (Å²) >= 11 is 5.67. The minimum Gasteiger partial charge on any atom is -0.391 e. The molecule has 1 aliphatic rings. The Morgan fingerprint density at radius 1 is 1.56 bits per heavy atom. The third kappa shape index (κ3) is 2.44. The van der Waals surface area contributed by atoms with Crippen LogP contribution in [-0.2, 0) is 0 Å². The molecule has 6 nitrogen and oxygen atoms in total. The Morgan fingerprint density at radius 3 is 2.83 bits per heavy atom. The first-order valence-corrected chi connectivity index (χ1v) is 5.78. The molecule has 1 N–H and O–H groups in total. The van der Waals surface area contributed by atoms with E-state index in [4.69, 9.17) is 11.6 Å². The van der Waals surface area contributed by atoms with E-state index in [1.807, 2.05) is 0 Å². The topological polar surface area (TPSA) is 83.7 Å². The van der Waals surface area contributed by atoms with Crippen LogP contribution in [0.1, 0.15) is 16.8 Å². The summed E-state index contributed by atoms with van der Waals surface area (Å²) in [5.74, 6) is -0.327. The summed E-state index contributed by atoms with van der Waals surface area (Å²) in [6.45, 7) is 0.714. The van der Waals surface area contributed by atoms with Crippen LogP contribution in [0.5, 0.6) is 0 Å². The number of nitro benzene ring substituents is 1. The maximum Gasteiger partial charge on any atom is 0.288 e. The van der Waals surface area contributed by atoms with Gasteiger partial charge in [-0.05, 0) is 18.6 Å². The van der Waals surface area contributed by atoms with E-state index < -0.39 is 11.0 Å². The molecule has 1 aromatic rings. The highest BCUT2D eigenvalue weighted by Crippen LogP contribution is 2.26. The summed E-state index contributed by atoms with van der Waals surface area (Å²) in [5, 5.41) is 20.1. The van der Waals surface area contributed by atoms with Crippen molar-refractivity contribution in [2.75, 3.05) is 13.1 Å². The average Bonchev–Trinajstić information content (AvgIpc) is 2.75. The van der Waals surface area contributed by atoms with Crippen LogP contribution in [0.15, 0.2) is 18.2 Å². The van der Waals surface area contributed by atoms with E-state index in [1.54, 1.807) is 0 Å². The molecule has 0 bridgehead atoms. The molecule has 0 saturated carbocycles. The van der Waals surface area contributed by atoms with Crippen LogP contribution in [-0.4, -0.2) is 40.0 Å². The summed E-state index contributed by atoms with van der Waals surface area (Å²) in [7, 11) is 0. The molecule has 1 saturated heterocycles. The van der Waals surface area contributed by atoms with Crippen molar-refractivity contribution in [1.82, 2.24) is 4.90 Å². The highest BCUT2D eigenvalue weighted by atomic mass is 35.5. The molecule has 1 atom stereocenters. The van der Waals surface area contributed by atoms with Gasteiger partial charge in [0.2, 0.25) is 0 Å². The van der Waals surface area contributed by atoms with Gasteiger partial charge in [-0.2, -0.15) is 0 Å². The number of hydrogen-bond acceptors (Lipinski definition) is 4. The van der Waals surface area contributed by atoms with Crippen molar-refractivity contribution in [3.05, 3.63) is 38.9 Å². The summed E-state index contributed by atoms with van der Waals surface area (Å²) in [6.07, 6.45) is 0.0118. The zero-order valence-electron chi connectivity index (χ0n) is 9.38. The standard InChI is InChI=1S/C11H11ClN2O4/c12-9-2-1-7(5-10(9)14(17)18)11(16)13-4-3-8(15)6-13/h1-2,5,8,15H,3-4,6H2. The third-order valence-corrected chi connectivity index (χ3v) is 3.16. The minimum atomic E-state index is -0.627. The Labute approximate surface area is 108 Å². The van der Waals surface area contributed by atoms with Crippen LogP contribution in [0.25, 0.3) is 0 Å². The second-order valence-electron chi connectivity index (χ2n) is 4.12. The number of β-amino-alcohol motifs (C(OH)–C–C–N with tert-alkyl or cyclic N) is 1. The van der Waals surface area contributed by atoms with Crippen molar-refractivity contribution in [3.8, 4) is 0 Å². The van der Waals surface area contributed by atoms with Crippen LogP contribution in [0.2, 0.25) is 5.02 Å². The monoisotopic (exact) mass is 270 g/mol. The molecule has 18 heavy (non-hydrogen) atoms. The number of rotatable bonds is 2. The molecule has 96 valence electrons. The number of amides is 1. The molecule has 0 radical (unpaired) electrons. The van der Waals surface area contributed by atoms with E-state index in [0.717, 1.165) is 6.07 Å². The fourth-order valence-corrected chi connectivity index (χ4v) is 2.08. The fraction of sp³-hybridized carbons (Fsp3) is 0.364. The van der Waals surface area contributed by atoms with E-state index in [-0.39, 0.29) is 28.7 Å². The molecule has 1 unspecified atom stereocenters. The van der Waals surface area contributed by atoms with Gasteiger partial charge in [0, 0.05) is 24.7 Å². The Balaban J connectivity index is 2.26. The number of halogens is 1. The Hall–Kier alpha value is -1.66. The van der Waals surface area contributed by atoms with Crippen molar-refractivity contribution in [2.24, 2.45) is 0 Å². The van der Waals surface area contributed by atoms with E-state index in [0.29, 0.717) is 13.0 Å². The van der Waals surface area contributed by atoms with Gasteiger partial charge in [-0.3, -0.25) is 14.9 Å². The Morgan fingerprint density at radius 2 is 2.28 bits per heavy atom.